The fourth-order valence-electron chi connectivity index (χ4n) is 7.07. The number of carbonyl (C=O) groups is 1. The lowest BCUT2D eigenvalue weighted by Crippen LogP contribution is -2.43. The van der Waals surface area contributed by atoms with Gasteiger partial charge in [0.2, 0.25) is 0 Å². The quantitative estimate of drug-likeness (QED) is 0.588. The molecule has 1 aliphatic heterocycles. The van der Waals surface area contributed by atoms with Gasteiger partial charge in [0.25, 0.3) is 5.91 Å². The Balaban J connectivity index is 1.42. The van der Waals surface area contributed by atoms with Crippen molar-refractivity contribution in [3.05, 3.63) is 17.5 Å². The number of aliphatic hydroxyl groups excluding tert-OH is 1. The fraction of sp³-hybridized carbons (Fsp3) is 0.852. The van der Waals surface area contributed by atoms with Crippen molar-refractivity contribution >= 4 is 5.91 Å². The molecule has 4 aliphatic rings. The van der Waals surface area contributed by atoms with Gasteiger partial charge in [0, 0.05) is 31.8 Å². The molecule has 2 N–H and O–H groups in total. The van der Waals surface area contributed by atoms with Crippen LogP contribution in [0.1, 0.15) is 108 Å². The first-order chi connectivity index (χ1) is 15.8. The third kappa shape index (κ3) is 6.00. The van der Waals surface area contributed by atoms with Crippen molar-refractivity contribution in [2.45, 2.75) is 104 Å². The van der Waals surface area contributed by atoms with Gasteiger partial charge in [0.15, 0.2) is 0 Å². The van der Waals surface area contributed by atoms with E-state index in [-0.39, 0.29) is 24.0 Å². The highest BCUT2D eigenvalue weighted by Crippen LogP contribution is 2.49. The van der Waals surface area contributed by atoms with Gasteiger partial charge >= 0.3 is 0 Å². The lowest BCUT2D eigenvalue weighted by Gasteiger charge is -2.47. The van der Waals surface area contributed by atoms with Gasteiger partial charge in [0.05, 0.1) is 5.69 Å². The number of nitrogens with one attached hydrogen (secondary N) is 1. The van der Waals surface area contributed by atoms with Crippen LogP contribution in [0.25, 0.3) is 0 Å². The summed E-state index contributed by atoms with van der Waals surface area (Å²) in [4.78, 5) is 15.8. The van der Waals surface area contributed by atoms with Crippen LogP contribution in [0, 0.1) is 23.2 Å². The first-order valence-corrected chi connectivity index (χ1v) is 13.5. The molecule has 33 heavy (non-hydrogen) atoms. The Morgan fingerprint density at radius 3 is 2.76 bits per heavy atom. The molecule has 6 heteroatoms. The minimum Gasteiger partial charge on any atom is -0.396 e. The average molecular weight is 459 g/mol. The first-order valence-electron chi connectivity index (χ1n) is 13.5. The summed E-state index contributed by atoms with van der Waals surface area (Å²) < 4.78 is 1.90. The maximum absolute atomic E-state index is 13.3. The first kappa shape index (κ1) is 24.7. The third-order valence-electron chi connectivity index (χ3n) is 8.45. The van der Waals surface area contributed by atoms with Gasteiger partial charge < -0.3 is 10.4 Å². The van der Waals surface area contributed by atoms with Crippen molar-refractivity contribution in [1.82, 2.24) is 20.0 Å². The van der Waals surface area contributed by atoms with E-state index in [4.69, 9.17) is 5.10 Å². The molecule has 1 aromatic heterocycles. The van der Waals surface area contributed by atoms with Crippen LogP contribution in [-0.2, 0) is 6.54 Å². The lowest BCUT2D eigenvalue weighted by atomic mass is 9.59. The Kier molecular flexibility index (Phi) is 7.84. The van der Waals surface area contributed by atoms with Gasteiger partial charge in [0.1, 0.15) is 5.69 Å². The molecule has 3 atom stereocenters. The van der Waals surface area contributed by atoms with Crippen molar-refractivity contribution < 1.29 is 9.90 Å². The maximum Gasteiger partial charge on any atom is 0.269 e. The Morgan fingerprint density at radius 2 is 2.03 bits per heavy atom. The van der Waals surface area contributed by atoms with Crippen molar-refractivity contribution in [2.24, 2.45) is 23.2 Å². The molecule has 3 aliphatic carbocycles. The number of nitrogens with zero attached hydrogens (tertiary/aromatic N) is 3. The predicted molar refractivity (Wildman–Crippen MR) is 132 cm³/mol. The number of likely N-dealkylation sites (tertiary alicyclic amines) is 1. The number of amides is 1. The van der Waals surface area contributed by atoms with Crippen LogP contribution in [0.3, 0.4) is 0 Å². The highest BCUT2D eigenvalue weighted by atomic mass is 16.3. The number of rotatable bonds is 8. The Hall–Kier alpha value is -1.40. The van der Waals surface area contributed by atoms with Gasteiger partial charge in [-0.1, -0.05) is 20.3 Å². The highest BCUT2D eigenvalue weighted by molar-refractivity contribution is 5.92. The summed E-state index contributed by atoms with van der Waals surface area (Å²) >= 11 is 0. The van der Waals surface area contributed by atoms with E-state index in [0.717, 1.165) is 55.9 Å². The van der Waals surface area contributed by atoms with Crippen LogP contribution >= 0.6 is 0 Å². The number of fused-ring (bicyclic) bond motifs is 4. The third-order valence-corrected chi connectivity index (χ3v) is 8.45. The van der Waals surface area contributed by atoms with E-state index in [1.165, 1.54) is 44.9 Å². The summed E-state index contributed by atoms with van der Waals surface area (Å²) in [6.45, 7) is 11.7. The fourth-order valence-corrected chi connectivity index (χ4v) is 7.07. The van der Waals surface area contributed by atoms with Gasteiger partial charge in [-0.3, -0.25) is 14.4 Å². The molecule has 2 bridgehead atoms. The van der Waals surface area contributed by atoms with Crippen LogP contribution in [0.5, 0.6) is 0 Å². The normalized spacial score (nSPS) is 32.8. The zero-order valence-corrected chi connectivity index (χ0v) is 21.4. The Morgan fingerprint density at radius 1 is 1.24 bits per heavy atom. The van der Waals surface area contributed by atoms with Crippen LogP contribution in [-0.4, -0.2) is 51.4 Å². The van der Waals surface area contributed by atoms with Gasteiger partial charge in [-0.2, -0.15) is 5.10 Å². The molecule has 5 rings (SSSR count). The number of carbonyl (C=O) groups excluding carboxylic acids is 1. The second-order valence-electron chi connectivity index (χ2n) is 12.1. The summed E-state index contributed by atoms with van der Waals surface area (Å²) in [5.74, 6) is 2.56. The molecule has 6 nitrogen and oxygen atoms in total. The molecule has 2 heterocycles. The number of hydrogen-bond acceptors (Lipinski definition) is 4. The molecule has 1 amide bonds. The monoisotopic (exact) mass is 458 g/mol. The van der Waals surface area contributed by atoms with Crippen LogP contribution in [0.15, 0.2) is 6.07 Å². The lowest BCUT2D eigenvalue weighted by molar-refractivity contribution is 0.0471. The molecular weight excluding hydrogens is 412 g/mol. The van der Waals surface area contributed by atoms with E-state index < -0.39 is 0 Å². The smallest absolute Gasteiger partial charge is 0.269 e. The van der Waals surface area contributed by atoms with Crippen molar-refractivity contribution in [2.75, 3.05) is 19.7 Å². The number of hydrogen-bond donors (Lipinski definition) is 2. The van der Waals surface area contributed by atoms with E-state index in [2.05, 4.69) is 37.9 Å². The number of aliphatic hydroxyl groups is 1. The molecule has 0 aromatic carbocycles. The number of piperidine rings is 1. The van der Waals surface area contributed by atoms with Gasteiger partial charge in [-0.25, -0.2) is 0 Å². The molecular formula is C27H46N4O2. The predicted octanol–water partition coefficient (Wildman–Crippen LogP) is 4.78. The molecule has 0 spiro atoms. The van der Waals surface area contributed by atoms with Crippen LogP contribution < -0.4 is 5.32 Å². The zero-order chi connectivity index (χ0) is 23.6. The van der Waals surface area contributed by atoms with E-state index >= 15 is 0 Å². The maximum atomic E-state index is 13.3. The average Bonchev–Trinajstić information content (AvgIpc) is 3.15. The summed E-state index contributed by atoms with van der Waals surface area (Å²) in [7, 11) is 0. The van der Waals surface area contributed by atoms with Crippen molar-refractivity contribution in [3.63, 3.8) is 0 Å². The highest BCUT2D eigenvalue weighted by Gasteiger charge is 2.40. The standard InChI is InChI=1S/C27H46N4O2/c1-19(2)31-25(14-23(29-31)17-30-9-6-5-7-24(30)8-10-32)26(33)28-18-27(4)15-20(3)11-21-12-22(13-21)16-27/h14,19-22,24,32H,5-13,15-18H2,1-4H3,(H,28,33). The molecule has 4 fully saturated rings. The minimum atomic E-state index is 0.00965. The van der Waals surface area contributed by atoms with E-state index in [1.54, 1.807) is 0 Å². The SMILES string of the molecule is CC1CC2CC(C2)CC(C)(CNC(=O)c2cc(CN3CCCCC3CCO)nn2C(C)C)C1. The second-order valence-corrected chi connectivity index (χ2v) is 12.1. The Labute approximate surface area is 200 Å². The molecule has 1 aromatic rings. The van der Waals surface area contributed by atoms with Crippen LogP contribution in [0.2, 0.25) is 0 Å². The van der Waals surface area contributed by atoms with Crippen molar-refractivity contribution in [3.8, 4) is 0 Å². The molecule has 3 unspecified atom stereocenters. The van der Waals surface area contributed by atoms with E-state index in [9.17, 15) is 9.90 Å². The largest absolute Gasteiger partial charge is 0.396 e. The summed E-state index contributed by atoms with van der Waals surface area (Å²) in [5.41, 5.74) is 1.83. The van der Waals surface area contributed by atoms with Crippen molar-refractivity contribution in [1.29, 1.82) is 0 Å². The molecule has 186 valence electrons. The van der Waals surface area contributed by atoms with Gasteiger partial charge in [-0.05, 0) is 101 Å². The zero-order valence-electron chi connectivity index (χ0n) is 21.4. The molecule has 3 saturated carbocycles. The number of aromatic nitrogens is 2. The second kappa shape index (κ2) is 10.5. The van der Waals surface area contributed by atoms with E-state index in [0.29, 0.717) is 11.7 Å². The summed E-state index contributed by atoms with van der Waals surface area (Å²) in [5, 5.41) is 17.6. The van der Waals surface area contributed by atoms with Gasteiger partial charge in [-0.15, -0.1) is 0 Å². The summed E-state index contributed by atoms with van der Waals surface area (Å²) in [6.07, 6.45) is 11.0. The van der Waals surface area contributed by atoms with Crippen LogP contribution in [0.4, 0.5) is 0 Å². The Bertz CT molecular complexity index is 794. The topological polar surface area (TPSA) is 70.4 Å². The summed E-state index contributed by atoms with van der Waals surface area (Å²) in [6, 6.07) is 2.55. The molecule has 0 radical (unpaired) electrons. The molecule has 1 saturated heterocycles. The van der Waals surface area contributed by atoms with E-state index in [1.807, 2.05) is 10.7 Å². The minimum absolute atomic E-state index is 0.00965.